The Balaban J connectivity index is 3.22. The van der Waals surface area contributed by atoms with E-state index >= 15 is 0 Å². The summed E-state index contributed by atoms with van der Waals surface area (Å²) >= 11 is 0. The lowest BCUT2D eigenvalue weighted by Crippen LogP contribution is -2.33. The maximum absolute atomic E-state index is 13.0. The Morgan fingerprint density at radius 2 is 2.24 bits per heavy atom. The molecule has 0 bridgehead atoms. The van der Waals surface area contributed by atoms with Gasteiger partial charge in [0, 0.05) is 12.6 Å². The van der Waals surface area contributed by atoms with Crippen LogP contribution in [0.25, 0.3) is 0 Å². The molecule has 0 amide bonds. The monoisotopic (exact) mass is 240 g/mol. The van der Waals surface area contributed by atoms with E-state index in [4.69, 9.17) is 5.11 Å². The summed E-state index contributed by atoms with van der Waals surface area (Å²) in [6.45, 7) is 6.59. The largest absolute Gasteiger partial charge is 0.478 e. The van der Waals surface area contributed by atoms with Crippen molar-refractivity contribution in [2.45, 2.75) is 33.2 Å². The van der Waals surface area contributed by atoms with Crippen LogP contribution in [-0.2, 0) is 0 Å². The van der Waals surface area contributed by atoms with Crippen molar-refractivity contribution in [3.05, 3.63) is 23.6 Å². The fourth-order valence-electron chi connectivity index (χ4n) is 1.67. The third-order valence-electron chi connectivity index (χ3n) is 2.42. The summed E-state index contributed by atoms with van der Waals surface area (Å²) in [4.78, 5) is 16.8. The van der Waals surface area contributed by atoms with Gasteiger partial charge >= 0.3 is 5.97 Å². The Hall–Kier alpha value is -1.65. The van der Waals surface area contributed by atoms with E-state index in [2.05, 4.69) is 4.98 Å². The topological polar surface area (TPSA) is 53.4 Å². The molecule has 1 aromatic heterocycles. The van der Waals surface area contributed by atoms with Crippen molar-refractivity contribution >= 4 is 11.8 Å². The lowest BCUT2D eigenvalue weighted by atomic mass is 10.2. The molecule has 0 aliphatic heterocycles. The molecule has 0 saturated carbocycles. The van der Waals surface area contributed by atoms with Crippen molar-refractivity contribution in [3.8, 4) is 0 Å². The number of nitrogens with zero attached hydrogens (tertiary/aromatic N) is 2. The lowest BCUT2D eigenvalue weighted by Gasteiger charge is -2.28. The molecule has 1 N–H and O–H groups in total. The highest BCUT2D eigenvalue weighted by molar-refractivity contribution is 5.93. The van der Waals surface area contributed by atoms with Gasteiger partial charge < -0.3 is 10.0 Å². The van der Waals surface area contributed by atoms with Crippen LogP contribution >= 0.6 is 0 Å². The number of carbonyl (C=O) groups is 1. The van der Waals surface area contributed by atoms with Crippen LogP contribution in [0.1, 0.15) is 37.6 Å². The van der Waals surface area contributed by atoms with Crippen LogP contribution < -0.4 is 4.90 Å². The number of hydrogen-bond acceptors (Lipinski definition) is 3. The second-order valence-electron chi connectivity index (χ2n) is 4.12. The Morgan fingerprint density at radius 1 is 1.59 bits per heavy atom. The minimum absolute atomic E-state index is 0.0906. The zero-order valence-electron chi connectivity index (χ0n) is 10.3. The summed E-state index contributed by atoms with van der Waals surface area (Å²) in [6, 6.07) is 1.13. The number of aromatic nitrogens is 1. The molecule has 0 saturated heterocycles. The smallest absolute Gasteiger partial charge is 0.339 e. The van der Waals surface area contributed by atoms with E-state index in [0.717, 1.165) is 18.7 Å². The molecule has 0 radical (unpaired) electrons. The van der Waals surface area contributed by atoms with Gasteiger partial charge in [0.15, 0.2) is 0 Å². The van der Waals surface area contributed by atoms with E-state index in [0.29, 0.717) is 12.4 Å². The second-order valence-corrected chi connectivity index (χ2v) is 4.12. The molecule has 0 unspecified atom stereocenters. The Kier molecular flexibility index (Phi) is 4.43. The van der Waals surface area contributed by atoms with Crippen LogP contribution in [0.2, 0.25) is 0 Å². The van der Waals surface area contributed by atoms with Gasteiger partial charge in [-0.05, 0) is 26.3 Å². The van der Waals surface area contributed by atoms with Gasteiger partial charge in [-0.25, -0.2) is 14.2 Å². The highest BCUT2D eigenvalue weighted by Crippen LogP contribution is 2.21. The van der Waals surface area contributed by atoms with Crippen molar-refractivity contribution in [3.63, 3.8) is 0 Å². The molecular formula is C12H17FN2O2. The SMILES string of the molecule is CCCN(c1ncc(F)cc1C(=O)O)C(C)C. The van der Waals surface area contributed by atoms with Crippen molar-refractivity contribution in [1.82, 2.24) is 4.98 Å². The number of carboxylic acids is 1. The number of pyridine rings is 1. The summed E-state index contributed by atoms with van der Waals surface area (Å²) in [5.74, 6) is -1.46. The summed E-state index contributed by atoms with van der Waals surface area (Å²) in [7, 11) is 0. The predicted molar refractivity (Wildman–Crippen MR) is 63.9 cm³/mol. The van der Waals surface area contributed by atoms with E-state index in [1.165, 1.54) is 0 Å². The van der Waals surface area contributed by atoms with Crippen molar-refractivity contribution in [2.75, 3.05) is 11.4 Å². The molecule has 0 fully saturated rings. The molecule has 0 spiro atoms. The first-order valence-corrected chi connectivity index (χ1v) is 5.62. The van der Waals surface area contributed by atoms with Gasteiger partial charge in [-0.3, -0.25) is 0 Å². The minimum Gasteiger partial charge on any atom is -0.478 e. The Morgan fingerprint density at radius 3 is 2.71 bits per heavy atom. The van der Waals surface area contributed by atoms with Gasteiger partial charge in [-0.1, -0.05) is 6.92 Å². The fourth-order valence-corrected chi connectivity index (χ4v) is 1.67. The van der Waals surface area contributed by atoms with Crippen LogP contribution in [0.5, 0.6) is 0 Å². The zero-order chi connectivity index (χ0) is 13.0. The second kappa shape index (κ2) is 5.61. The molecule has 17 heavy (non-hydrogen) atoms. The highest BCUT2D eigenvalue weighted by atomic mass is 19.1. The number of halogens is 1. The predicted octanol–water partition coefficient (Wildman–Crippen LogP) is 2.54. The quantitative estimate of drug-likeness (QED) is 0.859. The van der Waals surface area contributed by atoms with Crippen molar-refractivity contribution in [2.24, 2.45) is 0 Å². The average molecular weight is 240 g/mol. The van der Waals surface area contributed by atoms with Gasteiger partial charge in [0.25, 0.3) is 0 Å². The number of hydrogen-bond donors (Lipinski definition) is 1. The zero-order valence-corrected chi connectivity index (χ0v) is 10.3. The molecule has 4 nitrogen and oxygen atoms in total. The van der Waals surface area contributed by atoms with Crippen LogP contribution in [-0.4, -0.2) is 28.6 Å². The van der Waals surface area contributed by atoms with Gasteiger partial charge in [0.05, 0.1) is 6.20 Å². The lowest BCUT2D eigenvalue weighted by molar-refractivity contribution is 0.0696. The molecular weight excluding hydrogens is 223 g/mol. The van der Waals surface area contributed by atoms with E-state index in [1.54, 1.807) is 0 Å². The molecule has 5 heteroatoms. The molecule has 0 aromatic carbocycles. The van der Waals surface area contributed by atoms with E-state index in [9.17, 15) is 9.18 Å². The van der Waals surface area contributed by atoms with Crippen LogP contribution in [0.15, 0.2) is 12.3 Å². The molecule has 1 rings (SSSR count). The van der Waals surface area contributed by atoms with E-state index in [1.807, 2.05) is 25.7 Å². The highest BCUT2D eigenvalue weighted by Gasteiger charge is 2.20. The molecule has 94 valence electrons. The standard InChI is InChI=1S/C12H17FN2O2/c1-4-5-15(8(2)3)11-10(12(16)17)6-9(13)7-14-11/h6-8H,4-5H2,1-3H3,(H,16,17). The number of anilines is 1. The Labute approximate surface area is 100 Å². The van der Waals surface area contributed by atoms with Crippen molar-refractivity contribution < 1.29 is 14.3 Å². The normalized spacial score (nSPS) is 10.6. The molecule has 0 aliphatic carbocycles. The average Bonchev–Trinajstić information content (AvgIpc) is 2.26. The first-order valence-electron chi connectivity index (χ1n) is 5.62. The maximum atomic E-state index is 13.0. The first-order chi connectivity index (χ1) is 7.97. The third kappa shape index (κ3) is 3.15. The molecule has 1 heterocycles. The van der Waals surface area contributed by atoms with Gasteiger partial charge in [-0.2, -0.15) is 0 Å². The van der Waals surface area contributed by atoms with Gasteiger partial charge in [-0.15, -0.1) is 0 Å². The summed E-state index contributed by atoms with van der Waals surface area (Å²) in [5, 5.41) is 9.06. The van der Waals surface area contributed by atoms with Crippen LogP contribution in [0.4, 0.5) is 10.2 Å². The van der Waals surface area contributed by atoms with E-state index < -0.39 is 11.8 Å². The third-order valence-corrected chi connectivity index (χ3v) is 2.42. The maximum Gasteiger partial charge on any atom is 0.339 e. The molecule has 0 atom stereocenters. The first kappa shape index (κ1) is 13.4. The summed E-state index contributed by atoms with van der Waals surface area (Å²) < 4.78 is 13.0. The van der Waals surface area contributed by atoms with Crippen LogP contribution in [0, 0.1) is 5.82 Å². The summed E-state index contributed by atoms with van der Waals surface area (Å²) in [5.41, 5.74) is -0.0906. The molecule has 0 aliphatic rings. The number of aromatic carboxylic acids is 1. The van der Waals surface area contributed by atoms with Gasteiger partial charge in [0.1, 0.15) is 17.2 Å². The fraction of sp³-hybridized carbons (Fsp3) is 0.500. The molecule has 1 aromatic rings. The summed E-state index contributed by atoms with van der Waals surface area (Å²) in [6.07, 6.45) is 1.92. The number of rotatable bonds is 5. The minimum atomic E-state index is -1.16. The van der Waals surface area contributed by atoms with E-state index in [-0.39, 0.29) is 11.6 Å². The van der Waals surface area contributed by atoms with Gasteiger partial charge in [0.2, 0.25) is 0 Å². The van der Waals surface area contributed by atoms with Crippen molar-refractivity contribution in [1.29, 1.82) is 0 Å². The van der Waals surface area contributed by atoms with Crippen LogP contribution in [0.3, 0.4) is 0 Å². The Bertz CT molecular complexity index is 407. The number of carboxylic acid groups (broad SMARTS) is 1.